The fourth-order valence-electron chi connectivity index (χ4n) is 3.25. The topological polar surface area (TPSA) is 65.9 Å². The minimum Gasteiger partial charge on any atom is -0.504 e. The molecule has 1 amide bonds. The van der Waals surface area contributed by atoms with Crippen LogP contribution < -0.4 is 4.74 Å². The number of carbonyl (C=O) groups excluding carboxylic acids is 1. The second-order valence-corrected chi connectivity index (χ2v) is 6.91. The number of hydrogen-bond donors (Lipinski definition) is 1. The van der Waals surface area contributed by atoms with Gasteiger partial charge in [-0.2, -0.15) is 0 Å². The van der Waals surface area contributed by atoms with Crippen LogP contribution >= 0.6 is 11.6 Å². The third-order valence-corrected chi connectivity index (χ3v) is 4.92. The number of likely N-dealkylation sites (N-methyl/N-ethyl adjacent to an activating group) is 1. The van der Waals surface area contributed by atoms with Gasteiger partial charge in [0.2, 0.25) is 5.91 Å². The molecule has 27 heavy (non-hydrogen) atoms. The molecule has 1 aromatic heterocycles. The first-order chi connectivity index (χ1) is 13.0. The molecule has 7 heteroatoms. The number of ether oxygens (including phenoxy) is 1. The van der Waals surface area contributed by atoms with Crippen LogP contribution in [0.4, 0.5) is 0 Å². The maximum atomic E-state index is 12.5. The Kier molecular flexibility index (Phi) is 6.19. The monoisotopic (exact) mass is 389 g/mol. The lowest BCUT2D eigenvalue weighted by Gasteiger charge is -2.24. The van der Waals surface area contributed by atoms with Crippen molar-refractivity contribution in [3.63, 3.8) is 0 Å². The first-order valence-corrected chi connectivity index (χ1v) is 9.50. The summed E-state index contributed by atoms with van der Waals surface area (Å²) in [7, 11) is 0. The predicted molar refractivity (Wildman–Crippen MR) is 105 cm³/mol. The van der Waals surface area contributed by atoms with Crippen LogP contribution in [0.25, 0.3) is 11.3 Å². The van der Waals surface area contributed by atoms with Crippen molar-refractivity contribution in [3.8, 4) is 22.8 Å². The van der Waals surface area contributed by atoms with Gasteiger partial charge >= 0.3 is 0 Å². The molecule has 2 heterocycles. The molecule has 6 nitrogen and oxygen atoms in total. The first-order valence-electron chi connectivity index (χ1n) is 9.12. The van der Waals surface area contributed by atoms with Gasteiger partial charge in [-0.1, -0.05) is 11.6 Å². The highest BCUT2D eigenvalue weighted by Gasteiger charge is 2.22. The number of nitrogens with zero attached hydrogens (tertiary/aromatic N) is 3. The van der Waals surface area contributed by atoms with Crippen LogP contribution in [0.15, 0.2) is 30.5 Å². The molecule has 0 saturated heterocycles. The lowest BCUT2D eigenvalue weighted by Crippen LogP contribution is -2.40. The molecule has 144 valence electrons. The van der Waals surface area contributed by atoms with E-state index < -0.39 is 0 Å². The number of halogens is 1. The van der Waals surface area contributed by atoms with E-state index in [2.05, 4.69) is 4.98 Å². The smallest absolute Gasteiger partial charge is 0.236 e. The maximum absolute atomic E-state index is 12.5. The van der Waals surface area contributed by atoms with Crippen molar-refractivity contribution in [1.29, 1.82) is 0 Å². The zero-order valence-corrected chi connectivity index (χ0v) is 16.4. The average Bonchev–Trinajstić information content (AvgIpc) is 2.85. The van der Waals surface area contributed by atoms with Gasteiger partial charge in [-0.05, 0) is 38.1 Å². The zero-order valence-electron chi connectivity index (χ0n) is 15.6. The van der Waals surface area contributed by atoms with Crippen LogP contribution in [0, 0.1) is 0 Å². The first kappa shape index (κ1) is 19.5. The SMILES string of the molecule is CCN(CC)C(=O)CN1CCOc2c(O)cc(-c3ccc(Cl)cn3)cc2C1. The van der Waals surface area contributed by atoms with E-state index in [1.807, 2.05) is 35.8 Å². The van der Waals surface area contributed by atoms with Gasteiger partial charge in [-0.15, -0.1) is 0 Å². The summed E-state index contributed by atoms with van der Waals surface area (Å²) in [5.74, 6) is 0.657. The number of phenolic OH excluding ortho intramolecular Hbond substituents is 1. The van der Waals surface area contributed by atoms with Crippen molar-refractivity contribution < 1.29 is 14.6 Å². The van der Waals surface area contributed by atoms with Crippen LogP contribution in [-0.2, 0) is 11.3 Å². The molecule has 0 unspecified atom stereocenters. The molecule has 1 aliphatic rings. The van der Waals surface area contributed by atoms with Gasteiger partial charge < -0.3 is 14.7 Å². The van der Waals surface area contributed by atoms with E-state index in [1.165, 1.54) is 0 Å². The molecular formula is C20H24ClN3O3. The highest BCUT2D eigenvalue weighted by Crippen LogP contribution is 2.37. The molecule has 2 aromatic rings. The summed E-state index contributed by atoms with van der Waals surface area (Å²) in [5, 5.41) is 11.0. The molecule has 1 aliphatic heterocycles. The Bertz CT molecular complexity index is 807. The van der Waals surface area contributed by atoms with Gasteiger partial charge in [-0.3, -0.25) is 14.7 Å². The van der Waals surface area contributed by atoms with E-state index in [0.29, 0.717) is 55.8 Å². The fourth-order valence-corrected chi connectivity index (χ4v) is 3.36. The molecule has 0 aliphatic carbocycles. The minimum absolute atomic E-state index is 0.0798. The Balaban J connectivity index is 1.85. The van der Waals surface area contributed by atoms with E-state index >= 15 is 0 Å². The second kappa shape index (κ2) is 8.59. The Morgan fingerprint density at radius 3 is 2.78 bits per heavy atom. The standard InChI is InChI=1S/C20H24ClN3O3/c1-3-24(4-2)19(26)13-23-7-8-27-20-15(12-23)9-14(10-18(20)25)17-6-5-16(21)11-22-17/h5-6,9-11,25H,3-4,7-8,12-13H2,1-2H3. The molecule has 0 fully saturated rings. The molecule has 0 spiro atoms. The largest absolute Gasteiger partial charge is 0.504 e. The third kappa shape index (κ3) is 4.51. The summed E-state index contributed by atoms with van der Waals surface area (Å²) in [4.78, 5) is 20.6. The molecule has 1 N–H and O–H groups in total. The number of hydrogen-bond acceptors (Lipinski definition) is 5. The van der Waals surface area contributed by atoms with Gasteiger partial charge in [-0.25, -0.2) is 0 Å². The van der Waals surface area contributed by atoms with Crippen molar-refractivity contribution in [2.45, 2.75) is 20.4 Å². The van der Waals surface area contributed by atoms with Crippen molar-refractivity contribution in [1.82, 2.24) is 14.8 Å². The lowest BCUT2D eigenvalue weighted by atomic mass is 10.0. The molecule has 3 rings (SSSR count). The fraction of sp³-hybridized carbons (Fsp3) is 0.400. The van der Waals surface area contributed by atoms with Gasteiger partial charge in [0.05, 0.1) is 17.3 Å². The van der Waals surface area contributed by atoms with Crippen molar-refractivity contribution in [2.75, 3.05) is 32.8 Å². The number of phenols is 1. The predicted octanol–water partition coefficient (Wildman–Crippen LogP) is 3.17. The van der Waals surface area contributed by atoms with Crippen molar-refractivity contribution >= 4 is 17.5 Å². The van der Waals surface area contributed by atoms with Crippen LogP contribution in [0.2, 0.25) is 5.02 Å². The summed E-state index contributed by atoms with van der Waals surface area (Å²) in [6.45, 7) is 7.25. The minimum atomic E-state index is 0.0798. The van der Waals surface area contributed by atoms with Gasteiger partial charge in [0.25, 0.3) is 0 Å². The van der Waals surface area contributed by atoms with Gasteiger partial charge in [0, 0.05) is 43.5 Å². The normalized spacial score (nSPS) is 14.2. The van der Waals surface area contributed by atoms with E-state index in [0.717, 1.165) is 11.1 Å². The quantitative estimate of drug-likeness (QED) is 0.850. The number of amides is 1. The highest BCUT2D eigenvalue weighted by atomic mass is 35.5. The van der Waals surface area contributed by atoms with Crippen LogP contribution in [0.5, 0.6) is 11.5 Å². The summed E-state index contributed by atoms with van der Waals surface area (Å²) in [5.41, 5.74) is 2.34. The number of rotatable bonds is 5. The van der Waals surface area contributed by atoms with E-state index in [4.69, 9.17) is 16.3 Å². The summed E-state index contributed by atoms with van der Waals surface area (Å²) in [6.07, 6.45) is 1.57. The van der Waals surface area contributed by atoms with Crippen molar-refractivity contribution in [3.05, 3.63) is 41.0 Å². The van der Waals surface area contributed by atoms with E-state index in [-0.39, 0.29) is 11.7 Å². The van der Waals surface area contributed by atoms with E-state index in [1.54, 1.807) is 18.3 Å². The molecule has 0 atom stereocenters. The van der Waals surface area contributed by atoms with Crippen LogP contribution in [0.3, 0.4) is 0 Å². The molecular weight excluding hydrogens is 366 g/mol. The lowest BCUT2D eigenvalue weighted by molar-refractivity contribution is -0.132. The third-order valence-electron chi connectivity index (χ3n) is 4.69. The summed E-state index contributed by atoms with van der Waals surface area (Å²) < 4.78 is 5.76. The zero-order chi connectivity index (χ0) is 19.4. The number of aromatic hydroxyl groups is 1. The number of aromatic nitrogens is 1. The Labute approximate surface area is 164 Å². The number of pyridine rings is 1. The maximum Gasteiger partial charge on any atom is 0.236 e. The summed E-state index contributed by atoms with van der Waals surface area (Å²) >= 11 is 5.91. The average molecular weight is 390 g/mol. The molecule has 0 saturated carbocycles. The van der Waals surface area contributed by atoms with Crippen molar-refractivity contribution in [2.24, 2.45) is 0 Å². The number of carbonyl (C=O) groups is 1. The highest BCUT2D eigenvalue weighted by molar-refractivity contribution is 6.30. The Morgan fingerprint density at radius 2 is 2.11 bits per heavy atom. The Morgan fingerprint density at radius 1 is 1.33 bits per heavy atom. The summed E-state index contributed by atoms with van der Waals surface area (Å²) in [6, 6.07) is 7.16. The second-order valence-electron chi connectivity index (χ2n) is 6.47. The molecule has 0 bridgehead atoms. The van der Waals surface area contributed by atoms with Gasteiger partial charge in [0.1, 0.15) is 6.61 Å². The Hall–Kier alpha value is -2.31. The van der Waals surface area contributed by atoms with Gasteiger partial charge in [0.15, 0.2) is 11.5 Å². The molecule has 0 radical (unpaired) electrons. The van der Waals surface area contributed by atoms with Crippen LogP contribution in [-0.4, -0.2) is 58.6 Å². The van der Waals surface area contributed by atoms with Crippen LogP contribution in [0.1, 0.15) is 19.4 Å². The molecule has 1 aromatic carbocycles. The van der Waals surface area contributed by atoms with E-state index in [9.17, 15) is 9.90 Å². The number of benzene rings is 1. The number of fused-ring (bicyclic) bond motifs is 1.